The first-order valence-electron chi connectivity index (χ1n) is 9.30. The molecule has 0 aliphatic rings. The molecule has 4 N–H and O–H groups in total. The summed E-state index contributed by atoms with van der Waals surface area (Å²) < 4.78 is 54.1. The van der Waals surface area contributed by atoms with Gasteiger partial charge in [0, 0.05) is 6.54 Å². The molecule has 11 heteroatoms. The highest BCUT2D eigenvalue weighted by atomic mass is 35.5. The number of nitrogens with two attached hydrogens (primary N) is 1. The van der Waals surface area contributed by atoms with Crippen molar-refractivity contribution in [1.82, 2.24) is 4.98 Å². The Hall–Kier alpha value is -1.49. The first-order chi connectivity index (χ1) is 13.7. The fourth-order valence-corrected chi connectivity index (χ4v) is 4.96. The Balaban J connectivity index is 1.91. The molecule has 0 aliphatic carbocycles. The molecule has 0 saturated carbocycles. The standard InChI is InChI=1S/C18H25ClF2N4O2S2/c1-12(6-7-22)5-3-2-4-8-23-15-10-14(20)16(9-13(15)19)29(26,27)25-18-24-11-17(21)28-18/h9-12,23H,2-8,22H2,1H3,(H,24,25)/t12-/m0/s1. The van der Waals surface area contributed by atoms with Crippen LogP contribution in [0.2, 0.25) is 5.02 Å². The van der Waals surface area contributed by atoms with E-state index in [0.717, 1.165) is 50.4 Å². The molecular weight excluding hydrogens is 442 g/mol. The first-order valence-corrected chi connectivity index (χ1v) is 12.0. The summed E-state index contributed by atoms with van der Waals surface area (Å²) in [5.41, 5.74) is 5.86. The van der Waals surface area contributed by atoms with Crippen molar-refractivity contribution < 1.29 is 17.2 Å². The highest BCUT2D eigenvalue weighted by Gasteiger charge is 2.23. The van der Waals surface area contributed by atoms with Crippen molar-refractivity contribution in [3.8, 4) is 0 Å². The Kier molecular flexibility index (Phi) is 9.06. The van der Waals surface area contributed by atoms with Crippen LogP contribution >= 0.6 is 22.9 Å². The van der Waals surface area contributed by atoms with Crippen LogP contribution in [0.5, 0.6) is 0 Å². The number of sulfonamides is 1. The van der Waals surface area contributed by atoms with E-state index in [2.05, 4.69) is 17.2 Å². The molecule has 6 nitrogen and oxygen atoms in total. The number of rotatable bonds is 12. The van der Waals surface area contributed by atoms with Gasteiger partial charge in [0.2, 0.25) is 0 Å². The van der Waals surface area contributed by atoms with Gasteiger partial charge in [-0.1, -0.05) is 49.1 Å². The number of hydrogen-bond donors (Lipinski definition) is 3. The molecule has 2 rings (SSSR count). The number of aromatic nitrogens is 1. The van der Waals surface area contributed by atoms with Gasteiger partial charge in [-0.2, -0.15) is 4.39 Å². The summed E-state index contributed by atoms with van der Waals surface area (Å²) in [6.45, 7) is 3.48. The molecule has 0 bridgehead atoms. The van der Waals surface area contributed by atoms with Gasteiger partial charge in [-0.05, 0) is 37.4 Å². The van der Waals surface area contributed by atoms with Crippen LogP contribution in [0, 0.1) is 16.9 Å². The summed E-state index contributed by atoms with van der Waals surface area (Å²) in [6, 6.07) is 2.07. The number of nitrogens with zero attached hydrogens (tertiary/aromatic N) is 1. The molecule has 1 heterocycles. The zero-order valence-electron chi connectivity index (χ0n) is 16.1. The van der Waals surface area contributed by atoms with Crippen LogP contribution in [0.4, 0.5) is 19.6 Å². The van der Waals surface area contributed by atoms with E-state index < -0.39 is 25.9 Å². The maximum Gasteiger partial charge on any atom is 0.266 e. The van der Waals surface area contributed by atoms with Gasteiger partial charge < -0.3 is 11.1 Å². The summed E-state index contributed by atoms with van der Waals surface area (Å²) in [4.78, 5) is 2.93. The van der Waals surface area contributed by atoms with Gasteiger partial charge in [-0.3, -0.25) is 4.72 Å². The lowest BCUT2D eigenvalue weighted by Gasteiger charge is -2.12. The van der Waals surface area contributed by atoms with E-state index in [9.17, 15) is 17.2 Å². The van der Waals surface area contributed by atoms with E-state index in [1.807, 2.05) is 4.72 Å². The average molecular weight is 467 g/mol. The molecule has 0 radical (unpaired) electrons. The Morgan fingerprint density at radius 3 is 2.66 bits per heavy atom. The molecular formula is C18H25ClF2N4O2S2. The normalized spacial score (nSPS) is 12.7. The first kappa shape index (κ1) is 23.8. The third-order valence-corrected chi connectivity index (χ3v) is 6.86. The molecule has 2 aromatic rings. The molecule has 0 amide bonds. The van der Waals surface area contributed by atoms with Crippen molar-refractivity contribution >= 4 is 43.8 Å². The number of hydrogen-bond acceptors (Lipinski definition) is 6. The predicted octanol–water partition coefficient (Wildman–Crippen LogP) is 4.83. The average Bonchev–Trinajstić information content (AvgIpc) is 3.04. The second-order valence-corrected chi connectivity index (χ2v) is 9.83. The predicted molar refractivity (Wildman–Crippen MR) is 114 cm³/mol. The molecule has 0 unspecified atom stereocenters. The molecule has 0 saturated heterocycles. The van der Waals surface area contributed by atoms with E-state index in [1.165, 1.54) is 0 Å². The smallest absolute Gasteiger partial charge is 0.266 e. The highest BCUT2D eigenvalue weighted by molar-refractivity contribution is 7.93. The van der Waals surface area contributed by atoms with Crippen LogP contribution < -0.4 is 15.8 Å². The van der Waals surface area contributed by atoms with Crippen molar-refractivity contribution in [2.45, 2.75) is 43.9 Å². The van der Waals surface area contributed by atoms with E-state index >= 15 is 0 Å². The second kappa shape index (κ2) is 11.1. The van der Waals surface area contributed by atoms with Crippen molar-refractivity contribution in [3.63, 3.8) is 0 Å². The van der Waals surface area contributed by atoms with Gasteiger partial charge in [-0.15, -0.1) is 0 Å². The highest BCUT2D eigenvalue weighted by Crippen LogP contribution is 2.30. The summed E-state index contributed by atoms with van der Waals surface area (Å²) in [5, 5.41) is 2.26. The summed E-state index contributed by atoms with van der Waals surface area (Å²) in [5.74, 6) is -0.350. The number of benzene rings is 1. The van der Waals surface area contributed by atoms with Gasteiger partial charge in [0.15, 0.2) is 10.3 Å². The molecule has 1 aromatic carbocycles. The van der Waals surface area contributed by atoms with Gasteiger partial charge in [0.05, 0.1) is 16.9 Å². The molecule has 1 atom stereocenters. The lowest BCUT2D eigenvalue weighted by molar-refractivity contribution is 0.468. The van der Waals surface area contributed by atoms with Crippen LogP contribution in [-0.2, 0) is 10.0 Å². The number of thiazole rings is 1. The minimum absolute atomic E-state index is 0.0775. The Morgan fingerprint density at radius 1 is 1.24 bits per heavy atom. The lowest BCUT2D eigenvalue weighted by Crippen LogP contribution is -2.15. The van der Waals surface area contributed by atoms with E-state index in [4.69, 9.17) is 17.3 Å². The lowest BCUT2D eigenvalue weighted by atomic mass is 10.00. The number of unbranched alkanes of at least 4 members (excludes halogenated alkanes) is 2. The maximum atomic E-state index is 14.4. The molecule has 162 valence electrons. The zero-order valence-corrected chi connectivity index (χ0v) is 18.4. The van der Waals surface area contributed by atoms with Crippen LogP contribution in [-0.4, -0.2) is 26.5 Å². The van der Waals surface area contributed by atoms with Crippen molar-refractivity contribution in [1.29, 1.82) is 0 Å². The number of nitrogens with one attached hydrogen (secondary N) is 2. The van der Waals surface area contributed by atoms with E-state index in [0.29, 0.717) is 36.0 Å². The Bertz CT molecular complexity index is 909. The van der Waals surface area contributed by atoms with Gasteiger partial charge in [0.25, 0.3) is 10.0 Å². The molecule has 0 fully saturated rings. The number of anilines is 2. The summed E-state index contributed by atoms with van der Waals surface area (Å²) >= 11 is 6.63. The van der Waals surface area contributed by atoms with Gasteiger partial charge in [-0.25, -0.2) is 17.8 Å². The summed E-state index contributed by atoms with van der Waals surface area (Å²) in [7, 11) is -4.28. The van der Waals surface area contributed by atoms with Crippen molar-refractivity contribution in [2.24, 2.45) is 11.7 Å². The quantitative estimate of drug-likeness (QED) is 0.389. The van der Waals surface area contributed by atoms with Gasteiger partial charge >= 0.3 is 0 Å². The monoisotopic (exact) mass is 466 g/mol. The Labute approximate surface area is 178 Å². The van der Waals surface area contributed by atoms with Crippen LogP contribution in [0.3, 0.4) is 0 Å². The van der Waals surface area contributed by atoms with Crippen LogP contribution in [0.25, 0.3) is 0 Å². The fourth-order valence-electron chi connectivity index (χ4n) is 2.79. The molecule has 0 spiro atoms. The van der Waals surface area contributed by atoms with Crippen LogP contribution in [0.15, 0.2) is 23.2 Å². The van der Waals surface area contributed by atoms with Crippen molar-refractivity contribution in [2.75, 3.05) is 23.1 Å². The maximum absolute atomic E-state index is 14.4. The largest absolute Gasteiger partial charge is 0.384 e. The molecule has 29 heavy (non-hydrogen) atoms. The third kappa shape index (κ3) is 7.36. The molecule has 1 aromatic heterocycles. The number of halogens is 3. The topological polar surface area (TPSA) is 97.1 Å². The summed E-state index contributed by atoms with van der Waals surface area (Å²) in [6.07, 6.45) is 6.00. The minimum atomic E-state index is -4.28. The zero-order chi connectivity index (χ0) is 21.4. The van der Waals surface area contributed by atoms with Crippen molar-refractivity contribution in [3.05, 3.63) is 34.3 Å². The minimum Gasteiger partial charge on any atom is -0.384 e. The Morgan fingerprint density at radius 2 is 2.00 bits per heavy atom. The fraction of sp³-hybridized carbons (Fsp3) is 0.500. The SMILES string of the molecule is C[C@H](CCN)CCCCCNc1cc(F)c(S(=O)(=O)Nc2ncc(F)s2)cc1Cl. The van der Waals surface area contributed by atoms with E-state index in [-0.39, 0.29) is 10.2 Å². The van der Waals surface area contributed by atoms with E-state index in [1.54, 1.807) is 0 Å². The molecule has 0 aliphatic heterocycles. The van der Waals surface area contributed by atoms with Gasteiger partial charge in [0.1, 0.15) is 10.7 Å². The second-order valence-electron chi connectivity index (χ2n) is 6.80. The van der Waals surface area contributed by atoms with Crippen LogP contribution in [0.1, 0.15) is 39.0 Å². The third-order valence-electron chi connectivity index (χ3n) is 4.36.